The minimum Gasteiger partial charge on any atom is -0.450 e. The van der Waals surface area contributed by atoms with Gasteiger partial charge in [-0.15, -0.1) is 0 Å². The molecule has 1 aromatic carbocycles. The summed E-state index contributed by atoms with van der Waals surface area (Å²) in [6.07, 6.45) is 6.16. The molecule has 8 heteroatoms. The zero-order valence-corrected chi connectivity index (χ0v) is 17.6. The maximum Gasteiger partial charge on any atom is 0.410 e. The molecular weight excluding hydrogens is 390 g/mol. The van der Waals surface area contributed by atoms with Crippen molar-refractivity contribution in [3.05, 3.63) is 54.4 Å². The van der Waals surface area contributed by atoms with Gasteiger partial charge in [0.2, 0.25) is 10.0 Å². The van der Waals surface area contributed by atoms with E-state index >= 15 is 0 Å². The van der Waals surface area contributed by atoms with E-state index in [0.29, 0.717) is 25.8 Å². The third-order valence-corrected chi connectivity index (χ3v) is 5.72. The van der Waals surface area contributed by atoms with E-state index in [0.717, 1.165) is 22.9 Å². The van der Waals surface area contributed by atoms with E-state index in [1.807, 2.05) is 36.4 Å². The number of nitrogens with zero attached hydrogens (tertiary/aromatic N) is 2. The number of carbonyl (C=O) groups is 1. The van der Waals surface area contributed by atoms with E-state index in [2.05, 4.69) is 9.71 Å². The van der Waals surface area contributed by atoms with Crippen LogP contribution in [0.5, 0.6) is 0 Å². The Morgan fingerprint density at radius 1 is 1.24 bits per heavy atom. The molecule has 7 nitrogen and oxygen atoms in total. The number of likely N-dealkylation sites (tertiary alicyclic amines) is 1. The summed E-state index contributed by atoms with van der Waals surface area (Å²) in [4.78, 5) is 18.5. The van der Waals surface area contributed by atoms with Crippen LogP contribution in [0, 0.1) is 0 Å². The number of aromatic nitrogens is 1. The predicted molar refractivity (Wildman–Crippen MR) is 112 cm³/mol. The lowest BCUT2D eigenvalue weighted by Crippen LogP contribution is -2.57. The second kappa shape index (κ2) is 9.37. The van der Waals surface area contributed by atoms with E-state index < -0.39 is 16.1 Å². The Bertz CT molecular complexity index is 934. The van der Waals surface area contributed by atoms with Gasteiger partial charge in [0.15, 0.2) is 0 Å². The molecular formula is C21H27N3O4S. The Kier molecular flexibility index (Phi) is 6.87. The lowest BCUT2D eigenvalue weighted by atomic mass is 9.91. The number of sulfonamides is 1. The number of hydrogen-bond donors (Lipinski definition) is 1. The highest BCUT2D eigenvalue weighted by molar-refractivity contribution is 7.88. The minimum absolute atomic E-state index is 0.275. The number of pyridine rings is 1. The highest BCUT2D eigenvalue weighted by atomic mass is 32.2. The van der Waals surface area contributed by atoms with Gasteiger partial charge in [-0.25, -0.2) is 17.9 Å². The van der Waals surface area contributed by atoms with E-state index in [9.17, 15) is 13.2 Å². The van der Waals surface area contributed by atoms with Gasteiger partial charge in [0.25, 0.3) is 0 Å². The number of hydrogen-bond acceptors (Lipinski definition) is 5. The summed E-state index contributed by atoms with van der Waals surface area (Å²) in [6, 6.07) is 11.3. The number of benzene rings is 1. The molecule has 0 spiro atoms. The van der Waals surface area contributed by atoms with Gasteiger partial charge in [0.05, 0.1) is 18.9 Å². The largest absolute Gasteiger partial charge is 0.450 e. The molecule has 3 rings (SSSR count). The molecule has 0 unspecified atom stereocenters. The quantitative estimate of drug-likeness (QED) is 0.781. The first-order chi connectivity index (χ1) is 13.9. The van der Waals surface area contributed by atoms with Crippen LogP contribution in [-0.4, -0.2) is 55.9 Å². The first-order valence-electron chi connectivity index (χ1n) is 9.77. The highest BCUT2D eigenvalue weighted by Crippen LogP contribution is 2.25. The summed E-state index contributed by atoms with van der Waals surface area (Å²) in [7, 11) is -3.41. The molecule has 2 heterocycles. The second-order valence-electron chi connectivity index (χ2n) is 7.25. The van der Waals surface area contributed by atoms with Crippen LogP contribution in [0.3, 0.4) is 0 Å². The number of piperidine rings is 1. The summed E-state index contributed by atoms with van der Waals surface area (Å²) >= 11 is 0. The third-order valence-electron chi connectivity index (χ3n) is 4.99. The third kappa shape index (κ3) is 5.77. The molecule has 2 aromatic rings. The topological polar surface area (TPSA) is 88.6 Å². The fourth-order valence-corrected chi connectivity index (χ4v) is 4.61. The molecule has 0 saturated carbocycles. The number of rotatable bonds is 6. The maximum absolute atomic E-state index is 12.5. The van der Waals surface area contributed by atoms with Crippen LogP contribution in [0.25, 0.3) is 11.1 Å². The molecule has 1 saturated heterocycles. The maximum atomic E-state index is 12.5. The molecule has 156 valence electrons. The lowest BCUT2D eigenvalue weighted by molar-refractivity contribution is 0.0678. The van der Waals surface area contributed by atoms with Crippen molar-refractivity contribution in [2.75, 3.05) is 19.4 Å². The Balaban J connectivity index is 1.89. The molecule has 1 N–H and O–H groups in total. The van der Waals surface area contributed by atoms with Crippen LogP contribution in [0.1, 0.15) is 25.3 Å². The molecule has 1 aliphatic heterocycles. The minimum atomic E-state index is -3.41. The van der Waals surface area contributed by atoms with E-state index in [4.69, 9.17) is 4.74 Å². The van der Waals surface area contributed by atoms with Gasteiger partial charge in [0, 0.05) is 30.5 Å². The van der Waals surface area contributed by atoms with Gasteiger partial charge in [0.1, 0.15) is 0 Å². The van der Waals surface area contributed by atoms with E-state index in [1.165, 1.54) is 0 Å². The molecule has 1 amide bonds. The molecule has 29 heavy (non-hydrogen) atoms. The fourth-order valence-electron chi connectivity index (χ4n) is 3.78. The van der Waals surface area contributed by atoms with Crippen molar-refractivity contribution in [3.63, 3.8) is 0 Å². The average molecular weight is 418 g/mol. The van der Waals surface area contributed by atoms with Crippen LogP contribution in [-0.2, 0) is 21.2 Å². The van der Waals surface area contributed by atoms with Gasteiger partial charge in [-0.3, -0.25) is 4.98 Å². The van der Waals surface area contributed by atoms with Gasteiger partial charge in [-0.2, -0.15) is 0 Å². The van der Waals surface area contributed by atoms with Crippen LogP contribution in [0.4, 0.5) is 4.79 Å². The number of nitrogens with one attached hydrogen (secondary N) is 1. The van der Waals surface area contributed by atoms with Crippen LogP contribution in [0.2, 0.25) is 0 Å². The van der Waals surface area contributed by atoms with Gasteiger partial charge >= 0.3 is 6.09 Å². The van der Waals surface area contributed by atoms with Crippen molar-refractivity contribution in [2.45, 2.75) is 38.3 Å². The normalized spacial score (nSPS) is 19.7. The molecule has 0 bridgehead atoms. The summed E-state index contributed by atoms with van der Waals surface area (Å²) in [5, 5.41) is 0. The Labute approximate surface area is 172 Å². The van der Waals surface area contributed by atoms with Crippen molar-refractivity contribution < 1.29 is 17.9 Å². The van der Waals surface area contributed by atoms with Crippen molar-refractivity contribution in [2.24, 2.45) is 0 Å². The van der Waals surface area contributed by atoms with Crippen molar-refractivity contribution >= 4 is 16.1 Å². The Hall–Kier alpha value is -2.45. The standard InChI is InChI=1S/C21H27N3O4S/c1-3-28-21(25)24-11-7-10-19(23-29(2,26)27)20(24)13-16-12-18(15-22-14-16)17-8-5-4-6-9-17/h4-6,8-9,12,14-15,19-20,23H,3,7,10-11,13H2,1-2H3/t19-,20-/m1/s1. The monoisotopic (exact) mass is 417 g/mol. The number of carbonyl (C=O) groups excluding carboxylic acids is 1. The smallest absolute Gasteiger partial charge is 0.410 e. The van der Waals surface area contributed by atoms with Crippen LogP contribution < -0.4 is 4.72 Å². The van der Waals surface area contributed by atoms with Crippen LogP contribution >= 0.6 is 0 Å². The molecule has 1 aliphatic rings. The van der Waals surface area contributed by atoms with Crippen molar-refractivity contribution in [3.8, 4) is 11.1 Å². The first-order valence-corrected chi connectivity index (χ1v) is 11.7. The Morgan fingerprint density at radius 2 is 2.00 bits per heavy atom. The molecule has 1 aromatic heterocycles. The summed E-state index contributed by atoms with van der Waals surface area (Å²) in [6.45, 7) is 2.57. The van der Waals surface area contributed by atoms with E-state index in [1.54, 1.807) is 24.2 Å². The predicted octanol–water partition coefficient (Wildman–Crippen LogP) is 2.83. The zero-order chi connectivity index (χ0) is 20.9. The van der Waals surface area contributed by atoms with Crippen molar-refractivity contribution in [1.82, 2.24) is 14.6 Å². The zero-order valence-electron chi connectivity index (χ0n) is 16.7. The summed E-state index contributed by atoms with van der Waals surface area (Å²) in [5.41, 5.74) is 2.97. The second-order valence-corrected chi connectivity index (χ2v) is 9.03. The SMILES string of the molecule is CCOC(=O)N1CCC[C@@H](NS(C)(=O)=O)[C@H]1Cc1cncc(-c2ccccc2)c1. The van der Waals surface area contributed by atoms with Gasteiger partial charge in [-0.1, -0.05) is 30.3 Å². The fraction of sp³-hybridized carbons (Fsp3) is 0.429. The van der Waals surface area contributed by atoms with E-state index in [-0.39, 0.29) is 18.7 Å². The van der Waals surface area contributed by atoms with Gasteiger partial charge < -0.3 is 9.64 Å². The summed E-state index contributed by atoms with van der Waals surface area (Å²) < 4.78 is 31.7. The number of amides is 1. The Morgan fingerprint density at radius 3 is 2.69 bits per heavy atom. The molecule has 1 fully saturated rings. The first kappa shape index (κ1) is 21.3. The lowest BCUT2D eigenvalue weighted by Gasteiger charge is -2.40. The molecule has 0 aliphatic carbocycles. The molecule has 0 radical (unpaired) electrons. The average Bonchev–Trinajstić information content (AvgIpc) is 2.69. The summed E-state index contributed by atoms with van der Waals surface area (Å²) in [5.74, 6) is 0. The van der Waals surface area contributed by atoms with Crippen LogP contribution in [0.15, 0.2) is 48.8 Å². The number of ether oxygens (including phenoxy) is 1. The molecule has 2 atom stereocenters. The highest BCUT2D eigenvalue weighted by Gasteiger charge is 2.36. The van der Waals surface area contributed by atoms with Gasteiger partial charge in [-0.05, 0) is 43.4 Å². The van der Waals surface area contributed by atoms with Crippen molar-refractivity contribution in [1.29, 1.82) is 0 Å².